The molecule has 0 radical (unpaired) electrons. The number of piperidine rings is 1. The Bertz CT molecular complexity index is 754. The summed E-state index contributed by atoms with van der Waals surface area (Å²) in [5.41, 5.74) is 1.07. The van der Waals surface area contributed by atoms with Crippen LogP contribution in [0.25, 0.3) is 0 Å². The van der Waals surface area contributed by atoms with Crippen molar-refractivity contribution in [2.75, 3.05) is 18.0 Å². The summed E-state index contributed by atoms with van der Waals surface area (Å²) in [6, 6.07) is 8.37. The molecular formula is C19H22FN5O. The number of hydrogen-bond acceptors (Lipinski definition) is 4. The molecular weight excluding hydrogens is 333 g/mol. The van der Waals surface area contributed by atoms with Gasteiger partial charge in [-0.1, -0.05) is 12.1 Å². The fourth-order valence-electron chi connectivity index (χ4n) is 3.56. The first-order chi connectivity index (χ1) is 12.7. The van der Waals surface area contributed by atoms with Crippen molar-refractivity contribution < 1.29 is 9.18 Å². The van der Waals surface area contributed by atoms with Crippen molar-refractivity contribution in [3.05, 3.63) is 54.1 Å². The molecule has 1 saturated carbocycles. The third-order valence-electron chi connectivity index (χ3n) is 5.00. The van der Waals surface area contributed by atoms with Crippen LogP contribution in [0.4, 0.5) is 15.1 Å². The van der Waals surface area contributed by atoms with Crippen LogP contribution < -0.4 is 15.5 Å². The van der Waals surface area contributed by atoms with Gasteiger partial charge in [-0.05, 0) is 43.0 Å². The highest BCUT2D eigenvalue weighted by atomic mass is 19.1. The van der Waals surface area contributed by atoms with E-state index in [1.165, 1.54) is 12.1 Å². The molecule has 0 bridgehead atoms. The molecule has 6 nitrogen and oxygen atoms in total. The number of benzene rings is 1. The largest absolute Gasteiger partial charge is 0.339 e. The van der Waals surface area contributed by atoms with Gasteiger partial charge in [-0.3, -0.25) is 0 Å². The van der Waals surface area contributed by atoms with Crippen LogP contribution >= 0.6 is 0 Å². The Kier molecular flexibility index (Phi) is 4.69. The fourth-order valence-corrected chi connectivity index (χ4v) is 3.56. The summed E-state index contributed by atoms with van der Waals surface area (Å²) < 4.78 is 13.0. The van der Waals surface area contributed by atoms with Crippen LogP contribution in [0.15, 0.2) is 42.7 Å². The number of aromatic nitrogens is 2. The summed E-state index contributed by atoms with van der Waals surface area (Å²) in [4.78, 5) is 23.0. The monoisotopic (exact) mass is 355 g/mol. The molecule has 2 aliphatic rings. The quantitative estimate of drug-likeness (QED) is 0.884. The lowest BCUT2D eigenvalue weighted by molar-refractivity contribution is 0.234. The van der Waals surface area contributed by atoms with Gasteiger partial charge >= 0.3 is 6.03 Å². The SMILES string of the molecule is O=C(N[C@@H]1CCCN(c2ncccn2)C1)N[C@H]1C[C@@H]1c1ccc(F)cc1. The van der Waals surface area contributed by atoms with Crippen molar-refractivity contribution in [2.45, 2.75) is 37.3 Å². The Morgan fingerprint density at radius 3 is 2.69 bits per heavy atom. The fraction of sp³-hybridized carbons (Fsp3) is 0.421. The van der Waals surface area contributed by atoms with Gasteiger partial charge in [0, 0.05) is 43.5 Å². The lowest BCUT2D eigenvalue weighted by atomic mass is 10.1. The first kappa shape index (κ1) is 16.8. The summed E-state index contributed by atoms with van der Waals surface area (Å²) in [7, 11) is 0. The molecule has 26 heavy (non-hydrogen) atoms. The van der Waals surface area contributed by atoms with Gasteiger partial charge in [0.25, 0.3) is 0 Å². The number of hydrogen-bond donors (Lipinski definition) is 2. The van der Waals surface area contributed by atoms with E-state index in [-0.39, 0.29) is 29.8 Å². The van der Waals surface area contributed by atoms with Crippen molar-refractivity contribution in [3.63, 3.8) is 0 Å². The van der Waals surface area contributed by atoms with Crippen LogP contribution in [-0.4, -0.2) is 41.2 Å². The molecule has 2 N–H and O–H groups in total. The first-order valence-corrected chi connectivity index (χ1v) is 9.03. The highest BCUT2D eigenvalue weighted by Crippen LogP contribution is 2.40. The van der Waals surface area contributed by atoms with Crippen LogP contribution in [0.1, 0.15) is 30.7 Å². The molecule has 1 aliphatic heterocycles. The van der Waals surface area contributed by atoms with Crippen molar-refractivity contribution in [3.8, 4) is 0 Å². The molecule has 1 aromatic carbocycles. The molecule has 7 heteroatoms. The van der Waals surface area contributed by atoms with Crippen LogP contribution in [0.5, 0.6) is 0 Å². The zero-order valence-electron chi connectivity index (χ0n) is 14.4. The van der Waals surface area contributed by atoms with Gasteiger partial charge in [0.15, 0.2) is 0 Å². The Balaban J connectivity index is 1.27. The number of nitrogens with zero attached hydrogens (tertiary/aromatic N) is 3. The number of anilines is 1. The zero-order chi connectivity index (χ0) is 17.9. The maximum absolute atomic E-state index is 13.0. The highest BCUT2D eigenvalue weighted by molar-refractivity contribution is 5.75. The predicted molar refractivity (Wildman–Crippen MR) is 96.5 cm³/mol. The second kappa shape index (κ2) is 7.27. The van der Waals surface area contributed by atoms with Gasteiger partial charge in [0.05, 0.1) is 0 Å². The topological polar surface area (TPSA) is 70.2 Å². The Hall–Kier alpha value is -2.70. The van der Waals surface area contributed by atoms with E-state index >= 15 is 0 Å². The van der Waals surface area contributed by atoms with Crippen LogP contribution in [-0.2, 0) is 0 Å². The number of nitrogens with one attached hydrogen (secondary N) is 2. The van der Waals surface area contributed by atoms with Gasteiger partial charge in [-0.2, -0.15) is 0 Å². The van der Waals surface area contributed by atoms with E-state index in [0.29, 0.717) is 12.5 Å². The van der Waals surface area contributed by atoms with E-state index in [9.17, 15) is 9.18 Å². The summed E-state index contributed by atoms with van der Waals surface area (Å²) in [6.45, 7) is 1.61. The molecule has 4 rings (SSSR count). The molecule has 136 valence electrons. The van der Waals surface area contributed by atoms with Crippen LogP contribution in [0.3, 0.4) is 0 Å². The van der Waals surface area contributed by atoms with Crippen LogP contribution in [0, 0.1) is 5.82 Å². The van der Waals surface area contributed by atoms with E-state index in [1.54, 1.807) is 30.6 Å². The molecule has 1 aliphatic carbocycles. The second-order valence-electron chi connectivity index (χ2n) is 6.95. The Morgan fingerprint density at radius 2 is 1.92 bits per heavy atom. The van der Waals surface area contributed by atoms with Gasteiger partial charge in [-0.25, -0.2) is 19.2 Å². The number of halogens is 1. The van der Waals surface area contributed by atoms with Gasteiger partial charge in [0.1, 0.15) is 5.82 Å². The van der Waals surface area contributed by atoms with E-state index in [0.717, 1.165) is 31.4 Å². The summed E-state index contributed by atoms with van der Waals surface area (Å²) in [5.74, 6) is 0.751. The minimum absolute atomic E-state index is 0.0792. The molecule has 1 aromatic heterocycles. The van der Waals surface area contributed by atoms with Crippen molar-refractivity contribution >= 4 is 12.0 Å². The van der Waals surface area contributed by atoms with Gasteiger partial charge < -0.3 is 15.5 Å². The molecule has 2 amide bonds. The highest BCUT2D eigenvalue weighted by Gasteiger charge is 2.39. The third-order valence-corrected chi connectivity index (χ3v) is 5.00. The van der Waals surface area contributed by atoms with Crippen molar-refractivity contribution in [1.82, 2.24) is 20.6 Å². The smallest absolute Gasteiger partial charge is 0.315 e. The summed E-state index contributed by atoms with van der Waals surface area (Å²) >= 11 is 0. The molecule has 3 atom stereocenters. The van der Waals surface area contributed by atoms with Crippen molar-refractivity contribution in [2.24, 2.45) is 0 Å². The number of amides is 2. The molecule has 0 spiro atoms. The van der Waals surface area contributed by atoms with E-state index < -0.39 is 0 Å². The summed E-state index contributed by atoms with van der Waals surface area (Å²) in [6.07, 6.45) is 6.30. The van der Waals surface area contributed by atoms with Crippen molar-refractivity contribution in [1.29, 1.82) is 0 Å². The van der Waals surface area contributed by atoms with E-state index in [1.807, 2.05) is 0 Å². The molecule has 1 saturated heterocycles. The minimum atomic E-state index is -0.235. The van der Waals surface area contributed by atoms with E-state index in [2.05, 4.69) is 25.5 Å². The standard InChI is InChI=1S/C19H22FN5O/c20-14-6-4-13(5-7-14)16-11-17(16)24-19(26)23-15-3-1-10-25(12-15)18-21-8-2-9-22-18/h2,4-9,15-17H,1,3,10-12H2,(H2,23,24,26)/t15-,16-,17+/m1/s1. The maximum atomic E-state index is 13.0. The number of rotatable bonds is 4. The van der Waals surface area contributed by atoms with Crippen LogP contribution in [0.2, 0.25) is 0 Å². The average Bonchev–Trinajstić information content (AvgIpc) is 3.42. The number of carbonyl (C=O) groups is 1. The van der Waals surface area contributed by atoms with Gasteiger partial charge in [-0.15, -0.1) is 0 Å². The van der Waals surface area contributed by atoms with E-state index in [4.69, 9.17) is 0 Å². The molecule has 0 unspecified atom stereocenters. The Morgan fingerprint density at radius 1 is 1.15 bits per heavy atom. The lowest BCUT2D eigenvalue weighted by Crippen LogP contribution is -2.51. The third kappa shape index (κ3) is 3.92. The second-order valence-corrected chi connectivity index (χ2v) is 6.95. The predicted octanol–water partition coefficient (Wildman–Crippen LogP) is 2.44. The maximum Gasteiger partial charge on any atom is 0.315 e. The molecule has 2 aromatic rings. The normalized spacial score (nSPS) is 24.8. The number of urea groups is 1. The lowest BCUT2D eigenvalue weighted by Gasteiger charge is -2.33. The summed E-state index contributed by atoms with van der Waals surface area (Å²) in [5, 5.41) is 6.09. The van der Waals surface area contributed by atoms with Gasteiger partial charge in [0.2, 0.25) is 5.95 Å². The molecule has 2 heterocycles. The first-order valence-electron chi connectivity index (χ1n) is 9.03. The number of carbonyl (C=O) groups excluding carboxylic acids is 1. The minimum Gasteiger partial charge on any atom is -0.339 e. The molecule has 2 fully saturated rings. The zero-order valence-corrected chi connectivity index (χ0v) is 14.4. The Labute approximate surface area is 151 Å². The average molecular weight is 355 g/mol.